The van der Waals surface area contributed by atoms with E-state index in [-0.39, 0.29) is 31.5 Å². The van der Waals surface area contributed by atoms with Crippen molar-refractivity contribution < 1.29 is 27.5 Å². The summed E-state index contributed by atoms with van der Waals surface area (Å²) in [6.45, 7) is -0.624. The van der Waals surface area contributed by atoms with Crippen LogP contribution in [-0.4, -0.2) is 18.5 Å². The number of carbonyl (C=O) groups is 2. The number of imide groups is 1. The summed E-state index contributed by atoms with van der Waals surface area (Å²) in [5.41, 5.74) is -1.34. The van der Waals surface area contributed by atoms with Crippen LogP contribution in [0.5, 0.6) is 5.75 Å². The van der Waals surface area contributed by atoms with Crippen LogP contribution in [-0.2, 0) is 11.0 Å². The third-order valence-electron chi connectivity index (χ3n) is 3.13. The van der Waals surface area contributed by atoms with Crippen molar-refractivity contribution in [1.29, 1.82) is 0 Å². The van der Waals surface area contributed by atoms with Crippen LogP contribution in [0.3, 0.4) is 0 Å². The maximum atomic E-state index is 12.7. The molecule has 0 spiro atoms. The molecule has 150 valence electrons. The molecule has 0 saturated heterocycles. The van der Waals surface area contributed by atoms with Gasteiger partial charge in [0.2, 0.25) is 0 Å². The zero-order valence-corrected chi connectivity index (χ0v) is 16.5. The summed E-state index contributed by atoms with van der Waals surface area (Å²) in [7, 11) is 0. The van der Waals surface area contributed by atoms with E-state index in [2.05, 4.69) is 5.32 Å². The van der Waals surface area contributed by atoms with E-state index in [0.717, 1.165) is 12.1 Å². The standard InChI is InChI=1S/C16H9Cl4F3N2O3/c17-8-2-1-7(16(21,22)23)3-12(8)24-15(27)25-14(26)6-28-13-5-10(19)9(18)4-11(13)20/h1-5H,6H2,(H2,24,25,26,27). The Hall–Kier alpha value is -1.87. The van der Waals surface area contributed by atoms with Gasteiger partial charge in [-0.2, -0.15) is 13.2 Å². The molecule has 2 aromatic carbocycles. The van der Waals surface area contributed by atoms with Gasteiger partial charge >= 0.3 is 12.2 Å². The van der Waals surface area contributed by atoms with Crippen molar-refractivity contribution >= 4 is 64.0 Å². The lowest BCUT2D eigenvalue weighted by Crippen LogP contribution is -2.37. The molecule has 0 aliphatic heterocycles. The first kappa shape index (κ1) is 22.4. The molecule has 3 amide bonds. The van der Waals surface area contributed by atoms with E-state index in [9.17, 15) is 22.8 Å². The highest BCUT2D eigenvalue weighted by Crippen LogP contribution is 2.34. The maximum absolute atomic E-state index is 12.7. The van der Waals surface area contributed by atoms with Gasteiger partial charge in [0.25, 0.3) is 5.91 Å². The van der Waals surface area contributed by atoms with Crippen molar-refractivity contribution in [2.75, 3.05) is 11.9 Å². The SMILES string of the molecule is O=C(COc1cc(Cl)c(Cl)cc1Cl)NC(=O)Nc1cc(C(F)(F)F)ccc1Cl. The maximum Gasteiger partial charge on any atom is 0.416 e. The van der Waals surface area contributed by atoms with Gasteiger partial charge in [-0.1, -0.05) is 46.4 Å². The van der Waals surface area contributed by atoms with Crippen LogP contribution >= 0.6 is 46.4 Å². The highest BCUT2D eigenvalue weighted by Gasteiger charge is 2.31. The van der Waals surface area contributed by atoms with E-state index in [4.69, 9.17) is 51.1 Å². The van der Waals surface area contributed by atoms with Crippen LogP contribution in [0.1, 0.15) is 5.56 Å². The average Bonchev–Trinajstić information content (AvgIpc) is 2.57. The molecule has 2 rings (SSSR count). The molecule has 5 nitrogen and oxygen atoms in total. The number of carbonyl (C=O) groups excluding carboxylic acids is 2. The molecule has 0 fully saturated rings. The molecule has 28 heavy (non-hydrogen) atoms. The molecule has 0 bridgehead atoms. The quantitative estimate of drug-likeness (QED) is 0.529. The number of hydrogen-bond acceptors (Lipinski definition) is 3. The fourth-order valence-corrected chi connectivity index (χ4v) is 2.63. The van der Waals surface area contributed by atoms with Crippen molar-refractivity contribution in [3.05, 3.63) is 56.0 Å². The molecule has 0 radical (unpaired) electrons. The molecular weight excluding hydrogens is 467 g/mol. The first-order valence-electron chi connectivity index (χ1n) is 7.22. The van der Waals surface area contributed by atoms with Crippen LogP contribution in [0.15, 0.2) is 30.3 Å². The number of rotatable bonds is 4. The second-order valence-electron chi connectivity index (χ2n) is 5.18. The Bertz CT molecular complexity index is 923. The minimum Gasteiger partial charge on any atom is -0.482 e. The molecule has 0 atom stereocenters. The molecule has 2 N–H and O–H groups in total. The summed E-state index contributed by atoms with van der Waals surface area (Å²) in [5.74, 6) is -0.852. The summed E-state index contributed by atoms with van der Waals surface area (Å²) in [6.07, 6.45) is -4.62. The predicted octanol–water partition coefficient (Wildman–Crippen LogP) is 6.05. The van der Waals surface area contributed by atoms with E-state index in [1.807, 2.05) is 5.32 Å². The Morgan fingerprint density at radius 3 is 2.21 bits per heavy atom. The van der Waals surface area contributed by atoms with Crippen molar-refractivity contribution in [2.45, 2.75) is 6.18 Å². The number of halogens is 7. The normalized spacial score (nSPS) is 11.1. The van der Waals surface area contributed by atoms with Crippen molar-refractivity contribution in [1.82, 2.24) is 5.32 Å². The predicted molar refractivity (Wildman–Crippen MR) is 101 cm³/mol. The molecule has 2 aromatic rings. The number of hydrogen-bond donors (Lipinski definition) is 2. The van der Waals surface area contributed by atoms with E-state index < -0.39 is 30.3 Å². The molecule has 12 heteroatoms. The zero-order valence-electron chi connectivity index (χ0n) is 13.5. The Kier molecular flexibility index (Phi) is 7.28. The number of urea groups is 1. The van der Waals surface area contributed by atoms with E-state index in [1.165, 1.54) is 12.1 Å². The molecule has 0 aliphatic carbocycles. The molecule has 0 unspecified atom stereocenters. The van der Waals surface area contributed by atoms with Crippen molar-refractivity contribution in [3.63, 3.8) is 0 Å². The second-order valence-corrected chi connectivity index (χ2v) is 6.81. The summed E-state index contributed by atoms with van der Waals surface area (Å²) in [4.78, 5) is 23.6. The van der Waals surface area contributed by atoms with Gasteiger partial charge < -0.3 is 10.1 Å². The largest absolute Gasteiger partial charge is 0.482 e. The molecule has 0 aromatic heterocycles. The number of nitrogens with one attached hydrogen (secondary N) is 2. The van der Waals surface area contributed by atoms with Gasteiger partial charge in [0.15, 0.2) is 6.61 Å². The van der Waals surface area contributed by atoms with Gasteiger partial charge in [-0.25, -0.2) is 4.79 Å². The lowest BCUT2D eigenvalue weighted by Gasteiger charge is -2.12. The first-order valence-corrected chi connectivity index (χ1v) is 8.73. The van der Waals surface area contributed by atoms with E-state index in [0.29, 0.717) is 6.07 Å². The van der Waals surface area contributed by atoms with Crippen LogP contribution in [0.4, 0.5) is 23.7 Å². The van der Waals surface area contributed by atoms with Crippen LogP contribution in [0, 0.1) is 0 Å². The number of amides is 3. The number of benzene rings is 2. The van der Waals surface area contributed by atoms with E-state index >= 15 is 0 Å². The van der Waals surface area contributed by atoms with Gasteiger partial charge in [0.1, 0.15) is 5.75 Å². The van der Waals surface area contributed by atoms with Crippen LogP contribution in [0.2, 0.25) is 20.1 Å². The monoisotopic (exact) mass is 474 g/mol. The smallest absolute Gasteiger partial charge is 0.416 e. The zero-order chi connectivity index (χ0) is 21.1. The lowest BCUT2D eigenvalue weighted by molar-refractivity contribution is -0.137. The van der Waals surface area contributed by atoms with Gasteiger partial charge in [-0.05, 0) is 24.3 Å². The summed E-state index contributed by atoms with van der Waals surface area (Å²) >= 11 is 23.2. The van der Waals surface area contributed by atoms with Gasteiger partial charge in [-0.3, -0.25) is 10.1 Å². The minimum absolute atomic E-state index is 0.0487. The lowest BCUT2D eigenvalue weighted by atomic mass is 10.2. The highest BCUT2D eigenvalue weighted by molar-refractivity contribution is 6.43. The van der Waals surface area contributed by atoms with Crippen molar-refractivity contribution in [2.24, 2.45) is 0 Å². The van der Waals surface area contributed by atoms with Crippen molar-refractivity contribution in [3.8, 4) is 5.75 Å². The summed E-state index contributed by atoms with van der Waals surface area (Å²) < 4.78 is 43.3. The van der Waals surface area contributed by atoms with Crippen LogP contribution < -0.4 is 15.4 Å². The van der Waals surface area contributed by atoms with Gasteiger partial charge in [0.05, 0.1) is 31.3 Å². The number of ether oxygens (including phenoxy) is 1. The topological polar surface area (TPSA) is 67.4 Å². The molecule has 0 saturated carbocycles. The fraction of sp³-hybridized carbons (Fsp3) is 0.125. The molecule has 0 aliphatic rings. The second kappa shape index (κ2) is 9.09. The third kappa shape index (κ3) is 6.07. The summed E-state index contributed by atoms with van der Waals surface area (Å²) in [5, 5.41) is 4.19. The highest BCUT2D eigenvalue weighted by atomic mass is 35.5. The van der Waals surface area contributed by atoms with Crippen LogP contribution in [0.25, 0.3) is 0 Å². The first-order chi connectivity index (χ1) is 13.0. The Morgan fingerprint density at radius 2 is 1.57 bits per heavy atom. The minimum atomic E-state index is -4.62. The average molecular weight is 476 g/mol. The molecule has 0 heterocycles. The summed E-state index contributed by atoms with van der Waals surface area (Å²) in [6, 6.07) is 3.85. The van der Waals surface area contributed by atoms with Gasteiger partial charge in [-0.15, -0.1) is 0 Å². The van der Waals surface area contributed by atoms with Gasteiger partial charge in [0, 0.05) is 6.07 Å². The van der Waals surface area contributed by atoms with E-state index in [1.54, 1.807) is 0 Å². The Balaban J connectivity index is 1.96. The third-order valence-corrected chi connectivity index (χ3v) is 4.48. The fourth-order valence-electron chi connectivity index (χ4n) is 1.87. The molecular formula is C16H9Cl4F3N2O3. The number of alkyl halides is 3. The Labute approximate surface area is 176 Å². The Morgan fingerprint density at radius 1 is 0.929 bits per heavy atom. The number of anilines is 1.